The van der Waals surface area contributed by atoms with Gasteiger partial charge >= 0.3 is 5.97 Å². The zero-order chi connectivity index (χ0) is 15.8. The van der Waals surface area contributed by atoms with E-state index >= 15 is 0 Å². The van der Waals surface area contributed by atoms with E-state index in [1.165, 1.54) is 0 Å². The van der Waals surface area contributed by atoms with Gasteiger partial charge in [-0.15, -0.1) is 0 Å². The van der Waals surface area contributed by atoms with Gasteiger partial charge in [0, 0.05) is 0 Å². The summed E-state index contributed by atoms with van der Waals surface area (Å²) in [6.45, 7) is 3.30. The molecule has 9 heteroatoms. The summed E-state index contributed by atoms with van der Waals surface area (Å²) in [4.78, 5) is 22.8. The van der Waals surface area contributed by atoms with Crippen LogP contribution in [-0.2, 0) is 14.2 Å². The third-order valence-corrected chi connectivity index (χ3v) is 3.54. The van der Waals surface area contributed by atoms with Gasteiger partial charge in [0.15, 0.2) is 0 Å². The molecule has 0 bridgehead atoms. The van der Waals surface area contributed by atoms with E-state index in [4.69, 9.17) is 10.8 Å². The fraction of sp³-hybridized carbons (Fsp3) is 0.818. The monoisotopic (exact) mass is 309 g/mol. The van der Waals surface area contributed by atoms with Crippen LogP contribution in [-0.4, -0.2) is 60.1 Å². The van der Waals surface area contributed by atoms with Crippen molar-refractivity contribution in [3.05, 3.63) is 0 Å². The summed E-state index contributed by atoms with van der Waals surface area (Å²) in [5.41, 5.74) is 5.30. The Morgan fingerprint density at radius 1 is 1.35 bits per heavy atom. The maximum atomic E-state index is 11.8. The lowest BCUT2D eigenvalue weighted by molar-refractivity contribution is -0.176. The Labute approximate surface area is 118 Å². The van der Waals surface area contributed by atoms with E-state index in [1.54, 1.807) is 13.3 Å². The third kappa shape index (κ3) is 8.27. The van der Waals surface area contributed by atoms with Gasteiger partial charge in [0.1, 0.15) is 5.92 Å². The first-order valence-corrected chi connectivity index (χ1v) is 9.15. The van der Waals surface area contributed by atoms with Gasteiger partial charge in [-0.3, -0.25) is 20.1 Å². The highest BCUT2D eigenvalue weighted by molar-refractivity contribution is 7.62. The zero-order valence-electron chi connectivity index (χ0n) is 11.9. The molecule has 20 heavy (non-hydrogen) atoms. The van der Waals surface area contributed by atoms with Crippen LogP contribution in [0.25, 0.3) is 0 Å². The first-order chi connectivity index (χ1) is 9.19. The summed E-state index contributed by atoms with van der Waals surface area (Å²) in [6, 6.07) is 0. The van der Waals surface area contributed by atoms with Crippen molar-refractivity contribution in [2.45, 2.75) is 19.3 Å². The van der Waals surface area contributed by atoms with E-state index in [-0.39, 0.29) is 19.4 Å². The summed E-state index contributed by atoms with van der Waals surface area (Å²) < 4.78 is 11.4. The lowest BCUT2D eigenvalue weighted by Gasteiger charge is -2.20. The molecule has 0 rings (SSSR count). The quantitative estimate of drug-likeness (QED) is 0.113. The molecule has 8 nitrogen and oxygen atoms in total. The number of nitrogens with one attached hydrogen (secondary N) is 1. The van der Waals surface area contributed by atoms with Crippen molar-refractivity contribution >= 4 is 19.0 Å². The molecular weight excluding hydrogens is 285 g/mol. The summed E-state index contributed by atoms with van der Waals surface area (Å²) in [6.07, 6.45) is 1.40. The Kier molecular flexibility index (Phi) is 8.64. The lowest BCUT2D eigenvalue weighted by Crippen LogP contribution is -2.42. The largest absolute Gasteiger partial charge is 0.481 e. The van der Waals surface area contributed by atoms with Crippen molar-refractivity contribution in [1.82, 2.24) is 10.4 Å². The molecule has 0 aromatic rings. The summed E-state index contributed by atoms with van der Waals surface area (Å²) in [7, 11) is -2.31. The second-order valence-electron chi connectivity index (χ2n) is 5.05. The Morgan fingerprint density at radius 2 is 1.95 bits per heavy atom. The smallest absolute Gasteiger partial charge is 0.316 e. The molecule has 0 aliphatic carbocycles. The molecule has 0 saturated carbocycles. The number of carboxylic acid groups (broad SMARTS) is 1. The fourth-order valence-electron chi connectivity index (χ4n) is 1.53. The Bertz CT molecular complexity index is 371. The van der Waals surface area contributed by atoms with Crippen LogP contribution >= 0.6 is 7.14 Å². The van der Waals surface area contributed by atoms with Crippen LogP contribution in [0.15, 0.2) is 0 Å². The molecule has 5 N–H and O–H groups in total. The minimum absolute atomic E-state index is 0.127. The SMILES string of the molecule is CP(C)(=O)CNCN(O)C(=O)C(CCCCN)C(=O)O. The van der Waals surface area contributed by atoms with Crippen LogP contribution < -0.4 is 11.1 Å². The molecule has 1 atom stereocenters. The molecule has 0 heterocycles. The number of unbranched alkanes of at least 4 members (excludes halogenated alkanes) is 1. The Balaban J connectivity index is 4.34. The number of nitrogens with zero attached hydrogens (tertiary/aromatic N) is 1. The van der Waals surface area contributed by atoms with Crippen molar-refractivity contribution in [2.75, 3.05) is 32.8 Å². The van der Waals surface area contributed by atoms with E-state index in [0.717, 1.165) is 0 Å². The first kappa shape index (κ1) is 19.1. The lowest BCUT2D eigenvalue weighted by atomic mass is 10.0. The van der Waals surface area contributed by atoms with E-state index in [1.807, 2.05) is 0 Å². The molecule has 0 saturated heterocycles. The first-order valence-electron chi connectivity index (χ1n) is 6.37. The molecule has 118 valence electrons. The minimum Gasteiger partial charge on any atom is -0.481 e. The van der Waals surface area contributed by atoms with Crippen LogP contribution in [0.5, 0.6) is 0 Å². The zero-order valence-corrected chi connectivity index (χ0v) is 12.8. The number of nitrogens with two attached hydrogens (primary N) is 1. The van der Waals surface area contributed by atoms with E-state index in [2.05, 4.69) is 5.32 Å². The molecule has 1 amide bonds. The summed E-state index contributed by atoms with van der Waals surface area (Å²) in [5.74, 6) is -3.45. The minimum atomic E-state index is -2.31. The highest BCUT2D eigenvalue weighted by atomic mass is 31.2. The second kappa shape index (κ2) is 9.07. The summed E-state index contributed by atoms with van der Waals surface area (Å²) >= 11 is 0. The molecular formula is C11H24N3O5P. The van der Waals surface area contributed by atoms with Crippen molar-refractivity contribution in [2.24, 2.45) is 11.7 Å². The predicted molar refractivity (Wildman–Crippen MR) is 75.0 cm³/mol. The van der Waals surface area contributed by atoms with Crippen LogP contribution in [0.3, 0.4) is 0 Å². The average Bonchev–Trinajstić information content (AvgIpc) is 2.31. The number of carbonyl (C=O) groups is 2. The van der Waals surface area contributed by atoms with Crippen molar-refractivity contribution in [3.8, 4) is 0 Å². The average molecular weight is 309 g/mol. The number of rotatable bonds is 10. The van der Waals surface area contributed by atoms with E-state index < -0.39 is 24.9 Å². The van der Waals surface area contributed by atoms with Crippen LogP contribution in [0.2, 0.25) is 0 Å². The molecule has 0 aliphatic rings. The van der Waals surface area contributed by atoms with Gasteiger partial charge in [0.25, 0.3) is 5.91 Å². The highest BCUT2D eigenvalue weighted by Crippen LogP contribution is 2.33. The van der Waals surface area contributed by atoms with Gasteiger partial charge in [0.05, 0.1) is 20.1 Å². The van der Waals surface area contributed by atoms with E-state index in [0.29, 0.717) is 24.4 Å². The third-order valence-electron chi connectivity index (χ3n) is 2.55. The molecule has 1 unspecified atom stereocenters. The molecule has 0 aliphatic heterocycles. The highest BCUT2D eigenvalue weighted by Gasteiger charge is 2.29. The standard InChI is InChI=1S/C11H24N3O5P/c1-20(2,19)8-13-7-14(18)10(15)9(11(16)17)5-3-4-6-12/h9,13,18H,3-8,12H2,1-2H3,(H,16,17). The van der Waals surface area contributed by atoms with Gasteiger partial charge in [-0.05, 0) is 32.7 Å². The Morgan fingerprint density at radius 3 is 2.40 bits per heavy atom. The molecule has 0 aromatic heterocycles. The van der Waals surface area contributed by atoms with E-state index in [9.17, 15) is 19.4 Å². The number of hydroxylamine groups is 2. The maximum absolute atomic E-state index is 11.8. The number of carbonyl (C=O) groups excluding carboxylic acids is 1. The topological polar surface area (TPSA) is 133 Å². The second-order valence-corrected chi connectivity index (χ2v) is 8.52. The van der Waals surface area contributed by atoms with Gasteiger partial charge in [-0.25, -0.2) is 5.06 Å². The number of aliphatic carboxylic acids is 1. The Hall–Kier alpha value is -0.950. The number of hydrogen-bond acceptors (Lipinski definition) is 6. The summed E-state index contributed by atoms with van der Waals surface area (Å²) in [5, 5.41) is 21.5. The van der Waals surface area contributed by atoms with Crippen molar-refractivity contribution in [3.63, 3.8) is 0 Å². The van der Waals surface area contributed by atoms with Gasteiger partial charge in [-0.1, -0.05) is 6.42 Å². The maximum Gasteiger partial charge on any atom is 0.316 e. The predicted octanol–water partition coefficient (Wildman–Crippen LogP) is 0.161. The normalized spacial score (nSPS) is 13.0. The van der Waals surface area contributed by atoms with Crippen LogP contribution in [0, 0.1) is 5.92 Å². The molecule has 0 aromatic carbocycles. The van der Waals surface area contributed by atoms with Crippen molar-refractivity contribution < 1.29 is 24.5 Å². The van der Waals surface area contributed by atoms with Gasteiger partial charge in [0.2, 0.25) is 0 Å². The van der Waals surface area contributed by atoms with Crippen molar-refractivity contribution in [1.29, 1.82) is 0 Å². The molecule has 0 spiro atoms. The van der Waals surface area contributed by atoms with Gasteiger partial charge in [-0.2, -0.15) is 0 Å². The number of hydrogen-bond donors (Lipinski definition) is 4. The van der Waals surface area contributed by atoms with Crippen LogP contribution in [0.4, 0.5) is 0 Å². The number of amides is 1. The molecule has 0 radical (unpaired) electrons. The fourth-order valence-corrected chi connectivity index (χ4v) is 2.17. The molecule has 0 fully saturated rings. The van der Waals surface area contributed by atoms with Gasteiger partial charge < -0.3 is 15.4 Å². The number of carboxylic acids is 1. The van der Waals surface area contributed by atoms with Crippen LogP contribution in [0.1, 0.15) is 19.3 Å².